The minimum Gasteiger partial charge on any atom is -0.310 e. The Morgan fingerprint density at radius 3 is 1.22 bits per heavy atom. The molecule has 0 amide bonds. The van der Waals surface area contributed by atoms with Crippen LogP contribution >= 0.6 is 0 Å². The van der Waals surface area contributed by atoms with Gasteiger partial charge in [0.15, 0.2) is 0 Å². The van der Waals surface area contributed by atoms with Crippen molar-refractivity contribution in [3.63, 3.8) is 0 Å². The molecule has 342 valence electrons. The summed E-state index contributed by atoms with van der Waals surface area (Å²) < 4.78 is 0. The summed E-state index contributed by atoms with van der Waals surface area (Å²) in [5, 5.41) is 9.79. The van der Waals surface area contributed by atoms with Crippen molar-refractivity contribution in [2.45, 2.75) is 38.5 Å². The number of benzene rings is 12. The van der Waals surface area contributed by atoms with E-state index in [2.05, 4.69) is 280 Å². The lowest BCUT2D eigenvalue weighted by Crippen LogP contribution is -2.30. The number of fused-ring (bicyclic) bond motifs is 8. The predicted molar refractivity (Wildman–Crippen MR) is 306 cm³/mol. The van der Waals surface area contributed by atoms with E-state index >= 15 is 0 Å². The van der Waals surface area contributed by atoms with Gasteiger partial charge in [-0.3, -0.25) is 0 Å². The Morgan fingerprint density at radius 2 is 0.681 bits per heavy atom. The second-order valence-corrected chi connectivity index (χ2v) is 20.9. The lowest BCUT2D eigenvalue weighted by Gasteiger charge is -2.42. The first-order valence-electron chi connectivity index (χ1n) is 25.3. The predicted octanol–water partition coefficient (Wildman–Crippen LogP) is 19.5. The topological polar surface area (TPSA) is 6.48 Å². The molecular formula is C70H52N2. The van der Waals surface area contributed by atoms with Crippen molar-refractivity contribution >= 4 is 77.2 Å². The average molecular weight is 921 g/mol. The summed E-state index contributed by atoms with van der Waals surface area (Å²) in [7, 11) is 0. The van der Waals surface area contributed by atoms with Gasteiger partial charge in [-0.2, -0.15) is 0 Å². The maximum absolute atomic E-state index is 2.50. The van der Waals surface area contributed by atoms with E-state index in [4.69, 9.17) is 0 Å². The van der Waals surface area contributed by atoms with Gasteiger partial charge in [-0.1, -0.05) is 210 Å². The lowest BCUT2D eigenvalue weighted by atomic mass is 9.73. The summed E-state index contributed by atoms with van der Waals surface area (Å²) in [5.41, 5.74) is 19.3. The molecule has 2 aliphatic rings. The first kappa shape index (κ1) is 42.2. The Balaban J connectivity index is 1.10. The molecule has 0 radical (unpaired) electrons. The monoisotopic (exact) mass is 920 g/mol. The SMILES string of the molecule is CC1(C)c2ccccc2N(c2ccc3c(-c4ccc5ccccc5c4)c4cc(N5c6ccccc6C(C)(C)c6ccccc65)ccc4c(-c4cccc(-c5cccc6ccccc56)c4)c3c2)c2ccccc21. The highest BCUT2D eigenvalue weighted by Crippen LogP contribution is 2.56. The van der Waals surface area contributed by atoms with Crippen LogP contribution in [0.2, 0.25) is 0 Å². The summed E-state index contributed by atoms with van der Waals surface area (Å²) in [6.45, 7) is 9.45. The van der Waals surface area contributed by atoms with Crippen molar-refractivity contribution in [3.8, 4) is 33.4 Å². The summed E-state index contributed by atoms with van der Waals surface area (Å²) >= 11 is 0. The van der Waals surface area contributed by atoms with E-state index in [1.54, 1.807) is 0 Å². The van der Waals surface area contributed by atoms with Gasteiger partial charge in [0.2, 0.25) is 0 Å². The van der Waals surface area contributed by atoms with Crippen LogP contribution in [0.3, 0.4) is 0 Å². The zero-order valence-corrected chi connectivity index (χ0v) is 41.0. The highest BCUT2D eigenvalue weighted by atomic mass is 15.2. The largest absolute Gasteiger partial charge is 0.310 e. The van der Waals surface area contributed by atoms with Gasteiger partial charge >= 0.3 is 0 Å². The van der Waals surface area contributed by atoms with Crippen LogP contribution in [-0.2, 0) is 10.8 Å². The third-order valence-electron chi connectivity index (χ3n) is 16.2. The minimum atomic E-state index is -0.171. The van der Waals surface area contributed by atoms with Crippen LogP contribution in [0.5, 0.6) is 0 Å². The number of rotatable bonds is 5. The number of hydrogen-bond donors (Lipinski definition) is 0. The maximum atomic E-state index is 2.50. The van der Waals surface area contributed by atoms with Crippen LogP contribution in [0.1, 0.15) is 49.9 Å². The normalized spacial score (nSPS) is 14.3. The van der Waals surface area contributed by atoms with Crippen LogP contribution < -0.4 is 9.80 Å². The first-order chi connectivity index (χ1) is 35.2. The highest BCUT2D eigenvalue weighted by Gasteiger charge is 2.38. The van der Waals surface area contributed by atoms with E-state index in [1.165, 1.54) is 121 Å². The molecule has 0 aliphatic carbocycles. The Bertz CT molecular complexity index is 4090. The van der Waals surface area contributed by atoms with Crippen molar-refractivity contribution in [1.82, 2.24) is 0 Å². The minimum absolute atomic E-state index is 0.169. The molecule has 2 aliphatic heterocycles. The van der Waals surface area contributed by atoms with Gasteiger partial charge in [0.25, 0.3) is 0 Å². The molecule has 14 rings (SSSR count). The molecule has 0 saturated heterocycles. The molecule has 0 saturated carbocycles. The molecule has 2 heterocycles. The summed E-state index contributed by atoms with van der Waals surface area (Å²) in [6, 6.07) is 90.9. The Morgan fingerprint density at radius 1 is 0.264 bits per heavy atom. The fourth-order valence-corrected chi connectivity index (χ4v) is 12.7. The zero-order valence-electron chi connectivity index (χ0n) is 41.0. The number of nitrogens with zero attached hydrogens (tertiary/aromatic N) is 2. The van der Waals surface area contributed by atoms with Gasteiger partial charge in [-0.15, -0.1) is 0 Å². The fraction of sp³-hybridized carbons (Fsp3) is 0.0857. The molecule has 12 aromatic rings. The van der Waals surface area contributed by atoms with Crippen molar-refractivity contribution in [2.75, 3.05) is 9.80 Å². The second kappa shape index (κ2) is 15.9. The Hall–Kier alpha value is -8.72. The smallest absolute Gasteiger partial charge is 0.0502 e. The molecule has 0 fully saturated rings. The second-order valence-electron chi connectivity index (χ2n) is 20.9. The van der Waals surface area contributed by atoms with Crippen molar-refractivity contribution in [2.24, 2.45) is 0 Å². The van der Waals surface area contributed by atoms with E-state index in [9.17, 15) is 0 Å². The van der Waals surface area contributed by atoms with Crippen LogP contribution in [-0.4, -0.2) is 0 Å². The molecule has 2 nitrogen and oxygen atoms in total. The van der Waals surface area contributed by atoms with E-state index in [0.717, 1.165) is 11.4 Å². The van der Waals surface area contributed by atoms with E-state index in [0.29, 0.717) is 0 Å². The molecule has 0 spiro atoms. The molecule has 12 aromatic carbocycles. The summed E-state index contributed by atoms with van der Waals surface area (Å²) in [4.78, 5) is 5.00. The molecule has 2 heteroatoms. The maximum Gasteiger partial charge on any atom is 0.0502 e. The van der Waals surface area contributed by atoms with Crippen molar-refractivity contribution < 1.29 is 0 Å². The van der Waals surface area contributed by atoms with E-state index < -0.39 is 0 Å². The number of anilines is 6. The van der Waals surface area contributed by atoms with Gasteiger partial charge < -0.3 is 9.80 Å². The van der Waals surface area contributed by atoms with Gasteiger partial charge in [-0.25, -0.2) is 0 Å². The summed E-state index contributed by atoms with van der Waals surface area (Å²) in [5.74, 6) is 0. The van der Waals surface area contributed by atoms with Crippen LogP contribution in [0.25, 0.3) is 76.5 Å². The number of hydrogen-bond acceptors (Lipinski definition) is 2. The van der Waals surface area contributed by atoms with Gasteiger partial charge in [0.05, 0.1) is 22.7 Å². The third kappa shape index (κ3) is 6.28. The molecule has 0 bridgehead atoms. The molecule has 0 atom stereocenters. The molecule has 0 aromatic heterocycles. The molecular weight excluding hydrogens is 869 g/mol. The third-order valence-corrected chi connectivity index (χ3v) is 16.2. The first-order valence-corrected chi connectivity index (χ1v) is 25.3. The van der Waals surface area contributed by atoms with Crippen molar-refractivity contribution in [1.29, 1.82) is 0 Å². The van der Waals surface area contributed by atoms with Crippen LogP contribution in [0, 0.1) is 0 Å². The van der Waals surface area contributed by atoms with Crippen LogP contribution in [0.15, 0.2) is 243 Å². The summed E-state index contributed by atoms with van der Waals surface area (Å²) in [6.07, 6.45) is 0. The number of para-hydroxylation sites is 4. The quantitative estimate of drug-likeness (QED) is 0.159. The van der Waals surface area contributed by atoms with Crippen molar-refractivity contribution in [3.05, 3.63) is 265 Å². The molecule has 0 N–H and O–H groups in total. The average Bonchev–Trinajstić information content (AvgIpc) is 3.42. The van der Waals surface area contributed by atoms with E-state index in [1.807, 2.05) is 0 Å². The standard InChI is InChI=1S/C70H52N2/c1-69(2)59-27-9-13-31-63(59)71(64-32-14-10-28-60(64)69)51-38-40-56-57(43-51)67(49-24-17-23-48(42-49)54-26-18-22-46-20-7-8-25-53(46)54)55-39-37-52(44-58(55)68(56)50-36-35-45-19-5-6-21-47(45)41-50)72-65-33-15-11-29-61(65)70(3,4)62-30-12-16-34-66(62)72/h5-44H,1-4H3. The van der Waals surface area contributed by atoms with Gasteiger partial charge in [-0.05, 0) is 159 Å². The highest BCUT2D eigenvalue weighted by molar-refractivity contribution is 6.23. The Kier molecular flexibility index (Phi) is 9.32. The zero-order chi connectivity index (χ0) is 48.3. The van der Waals surface area contributed by atoms with Crippen LogP contribution in [0.4, 0.5) is 34.1 Å². The van der Waals surface area contributed by atoms with Gasteiger partial charge in [0.1, 0.15) is 0 Å². The molecule has 0 unspecified atom stereocenters. The lowest BCUT2D eigenvalue weighted by molar-refractivity contribution is 0.632. The molecule has 72 heavy (non-hydrogen) atoms. The Labute approximate surface area is 421 Å². The van der Waals surface area contributed by atoms with Gasteiger partial charge in [0, 0.05) is 22.2 Å². The van der Waals surface area contributed by atoms with E-state index in [-0.39, 0.29) is 10.8 Å². The fourth-order valence-electron chi connectivity index (χ4n) is 12.7.